The van der Waals surface area contributed by atoms with Gasteiger partial charge in [0.05, 0.1) is 8.22 Å². The summed E-state index contributed by atoms with van der Waals surface area (Å²) in [5, 5.41) is 0. The van der Waals surface area contributed by atoms with Crippen LogP contribution in [0.1, 0.15) is 70.6 Å². The lowest BCUT2D eigenvalue weighted by Crippen LogP contribution is -2.34. The Hall–Kier alpha value is 0.0900. The van der Waals surface area contributed by atoms with E-state index in [1.165, 1.54) is 96.8 Å². The monoisotopic (exact) mass is 308 g/mol. The predicted octanol–water partition coefficient (Wildman–Crippen LogP) is 5.36. The highest BCUT2D eigenvalue weighted by atomic mass is 31.1. The van der Waals surface area contributed by atoms with Crippen LogP contribution >= 0.6 is 8.22 Å². The minimum Gasteiger partial charge on any atom is -0.267 e. The Bertz CT molecular complexity index is 295. The lowest BCUT2D eigenvalue weighted by Gasteiger charge is -2.41. The highest BCUT2D eigenvalue weighted by Gasteiger charge is 2.26. The fourth-order valence-electron chi connectivity index (χ4n) is 4.06. The molecule has 1 aliphatic carbocycles. The van der Waals surface area contributed by atoms with Crippen LogP contribution in [0.15, 0.2) is 11.9 Å². The molecule has 21 heavy (non-hydrogen) atoms. The van der Waals surface area contributed by atoms with Crippen LogP contribution < -0.4 is 0 Å². The fraction of sp³-hybridized carbons (Fsp3) is 0.889. The maximum absolute atomic E-state index is 2.82. The van der Waals surface area contributed by atoms with Crippen LogP contribution in [0.2, 0.25) is 0 Å². The Kier molecular flexibility index (Phi) is 6.58. The predicted molar refractivity (Wildman–Crippen MR) is 93.5 cm³/mol. The Labute approximate surface area is 132 Å². The Morgan fingerprint density at radius 3 is 1.62 bits per heavy atom. The van der Waals surface area contributed by atoms with Crippen molar-refractivity contribution in [2.45, 2.75) is 70.6 Å². The molecule has 0 aromatic heterocycles. The van der Waals surface area contributed by atoms with Gasteiger partial charge in [-0.25, -0.2) is 0 Å². The zero-order chi connectivity index (χ0) is 14.3. The summed E-state index contributed by atoms with van der Waals surface area (Å²) in [5.41, 5.74) is 0. The first-order valence-corrected chi connectivity index (χ1v) is 10.7. The minimum atomic E-state index is -0.136. The van der Waals surface area contributed by atoms with Crippen molar-refractivity contribution in [3.63, 3.8) is 0 Å². The molecule has 3 heteroatoms. The summed E-state index contributed by atoms with van der Waals surface area (Å²) in [4.78, 5) is 0. The molecule has 0 unspecified atom stereocenters. The fourth-order valence-corrected chi connectivity index (χ4v) is 6.57. The van der Waals surface area contributed by atoms with Crippen LogP contribution in [0.4, 0.5) is 0 Å². The molecule has 0 amide bonds. The molecule has 1 saturated carbocycles. The average molecular weight is 308 g/mol. The molecular formula is C18H33N2P. The first-order chi connectivity index (χ1) is 10.4. The molecular weight excluding hydrogens is 275 g/mol. The summed E-state index contributed by atoms with van der Waals surface area (Å²) in [5.74, 6) is 3.54. The molecule has 2 heterocycles. The van der Waals surface area contributed by atoms with Crippen LogP contribution in [-0.4, -0.2) is 35.5 Å². The van der Waals surface area contributed by atoms with Gasteiger partial charge in [0.1, 0.15) is 0 Å². The summed E-state index contributed by atoms with van der Waals surface area (Å²) in [6, 6.07) is 0. The molecule has 0 N–H and O–H groups in total. The topological polar surface area (TPSA) is 6.48 Å². The molecule has 3 aliphatic rings. The van der Waals surface area contributed by atoms with E-state index in [-0.39, 0.29) is 8.22 Å². The van der Waals surface area contributed by atoms with Crippen molar-refractivity contribution >= 4 is 8.22 Å². The summed E-state index contributed by atoms with van der Waals surface area (Å²) in [7, 11) is -0.136. The molecule has 0 radical (unpaired) electrons. The van der Waals surface area contributed by atoms with Gasteiger partial charge < -0.3 is 0 Å². The van der Waals surface area contributed by atoms with Crippen LogP contribution in [-0.2, 0) is 0 Å². The maximum Gasteiger partial charge on any atom is 0.0644 e. The van der Waals surface area contributed by atoms with Gasteiger partial charge in [-0.15, -0.1) is 0 Å². The molecule has 3 fully saturated rings. The molecule has 0 spiro atoms. The summed E-state index contributed by atoms with van der Waals surface area (Å²) < 4.78 is 5.65. The molecule has 0 bridgehead atoms. The number of hydrogen-bond donors (Lipinski definition) is 0. The number of nitrogens with zero attached hydrogens (tertiary/aromatic N) is 2. The molecule has 0 aromatic carbocycles. The Morgan fingerprint density at radius 1 is 0.619 bits per heavy atom. The third-order valence-electron chi connectivity index (χ3n) is 5.39. The number of hydrogen-bond acceptors (Lipinski definition) is 2. The molecule has 2 aliphatic heterocycles. The van der Waals surface area contributed by atoms with Gasteiger partial charge in [-0.2, -0.15) is 0 Å². The van der Waals surface area contributed by atoms with Crippen LogP contribution in [0.3, 0.4) is 0 Å². The third kappa shape index (κ3) is 4.78. The normalized spacial score (nSPS) is 27.7. The molecule has 0 aromatic rings. The van der Waals surface area contributed by atoms with E-state index in [0.29, 0.717) is 0 Å². The average Bonchev–Trinajstić information content (AvgIpc) is 2.58. The second kappa shape index (κ2) is 8.65. The molecule has 2 nitrogen and oxygen atoms in total. The van der Waals surface area contributed by atoms with E-state index in [1.54, 1.807) is 0 Å². The first kappa shape index (κ1) is 16.0. The SMILES string of the molecule is C(=CP(N1CCCCC1)N1CCCCC1)C1CCCCC1. The number of allylic oxidation sites excluding steroid dienone is 1. The van der Waals surface area contributed by atoms with Crippen molar-refractivity contribution in [1.82, 2.24) is 9.34 Å². The highest BCUT2D eigenvalue weighted by molar-refractivity contribution is 7.56. The zero-order valence-corrected chi connectivity index (χ0v) is 14.6. The van der Waals surface area contributed by atoms with Gasteiger partial charge in [0.15, 0.2) is 0 Å². The van der Waals surface area contributed by atoms with Gasteiger partial charge in [0, 0.05) is 26.2 Å². The van der Waals surface area contributed by atoms with Gasteiger partial charge in [0.2, 0.25) is 0 Å². The third-order valence-corrected chi connectivity index (χ3v) is 7.78. The van der Waals surface area contributed by atoms with E-state index >= 15 is 0 Å². The Balaban J connectivity index is 1.63. The number of piperidine rings is 2. The van der Waals surface area contributed by atoms with Crippen molar-refractivity contribution in [2.24, 2.45) is 5.92 Å². The zero-order valence-electron chi connectivity index (χ0n) is 13.7. The summed E-state index contributed by atoms with van der Waals surface area (Å²) >= 11 is 0. The van der Waals surface area contributed by atoms with Crippen LogP contribution in [0.5, 0.6) is 0 Å². The van der Waals surface area contributed by atoms with E-state index in [9.17, 15) is 0 Å². The van der Waals surface area contributed by atoms with E-state index < -0.39 is 0 Å². The molecule has 2 saturated heterocycles. The minimum absolute atomic E-state index is 0.136. The summed E-state index contributed by atoms with van der Waals surface area (Å²) in [6.07, 6.45) is 18.5. The second-order valence-corrected chi connectivity index (χ2v) is 9.16. The number of rotatable bonds is 4. The van der Waals surface area contributed by atoms with E-state index in [0.717, 1.165) is 5.92 Å². The van der Waals surface area contributed by atoms with Crippen molar-refractivity contribution in [2.75, 3.05) is 26.2 Å². The molecule has 120 valence electrons. The first-order valence-electron chi connectivity index (χ1n) is 9.41. The lowest BCUT2D eigenvalue weighted by molar-refractivity contribution is 0.314. The van der Waals surface area contributed by atoms with Crippen molar-refractivity contribution < 1.29 is 0 Å². The van der Waals surface area contributed by atoms with Gasteiger partial charge in [-0.1, -0.05) is 38.2 Å². The molecule has 0 atom stereocenters. The van der Waals surface area contributed by atoms with E-state index in [2.05, 4.69) is 21.2 Å². The smallest absolute Gasteiger partial charge is 0.0644 e. The summed E-state index contributed by atoms with van der Waals surface area (Å²) in [6.45, 7) is 5.38. The van der Waals surface area contributed by atoms with Gasteiger partial charge in [-0.3, -0.25) is 9.34 Å². The Morgan fingerprint density at radius 2 is 1.10 bits per heavy atom. The van der Waals surface area contributed by atoms with Crippen molar-refractivity contribution in [3.05, 3.63) is 11.9 Å². The maximum atomic E-state index is 2.82. The lowest BCUT2D eigenvalue weighted by atomic mass is 9.90. The highest BCUT2D eigenvalue weighted by Crippen LogP contribution is 2.49. The van der Waals surface area contributed by atoms with E-state index in [4.69, 9.17) is 0 Å². The van der Waals surface area contributed by atoms with Crippen LogP contribution in [0.25, 0.3) is 0 Å². The van der Waals surface area contributed by atoms with E-state index in [1.807, 2.05) is 0 Å². The van der Waals surface area contributed by atoms with Crippen LogP contribution in [0, 0.1) is 5.92 Å². The standard InChI is InChI=1S/C18H33N2P/c1-4-10-18(11-5-1)12-17-21(19-13-6-2-7-14-19)20-15-8-3-9-16-20/h12,17-18H,1-11,13-16H2. The van der Waals surface area contributed by atoms with Gasteiger partial charge >= 0.3 is 0 Å². The molecule has 3 rings (SSSR count). The van der Waals surface area contributed by atoms with Crippen molar-refractivity contribution in [1.29, 1.82) is 0 Å². The second-order valence-electron chi connectivity index (χ2n) is 7.09. The van der Waals surface area contributed by atoms with Crippen molar-refractivity contribution in [3.8, 4) is 0 Å². The largest absolute Gasteiger partial charge is 0.267 e. The van der Waals surface area contributed by atoms with Gasteiger partial charge in [0.25, 0.3) is 0 Å². The van der Waals surface area contributed by atoms with Gasteiger partial charge in [-0.05, 0) is 50.3 Å². The quantitative estimate of drug-likeness (QED) is 0.645.